The zero-order chi connectivity index (χ0) is 19.4. The van der Waals surface area contributed by atoms with Crippen molar-refractivity contribution in [3.05, 3.63) is 23.8 Å². The molecule has 0 aromatic heterocycles. The lowest BCUT2D eigenvalue weighted by Gasteiger charge is -2.56. The van der Waals surface area contributed by atoms with Crippen LogP contribution in [0, 0.1) is 34.5 Å². The van der Waals surface area contributed by atoms with Crippen LogP contribution in [0.3, 0.4) is 0 Å². The van der Waals surface area contributed by atoms with Crippen molar-refractivity contribution in [2.24, 2.45) is 34.5 Å². The Balaban J connectivity index is 1.61. The van der Waals surface area contributed by atoms with E-state index in [4.69, 9.17) is 4.74 Å². The smallest absolute Gasteiger partial charge is 0.303 e. The monoisotopic (exact) mass is 370 g/mol. The molecule has 0 spiro atoms. The van der Waals surface area contributed by atoms with Crippen molar-refractivity contribution in [3.8, 4) is 0 Å². The Bertz CT molecular complexity index is 747. The van der Waals surface area contributed by atoms with Gasteiger partial charge in [0.15, 0.2) is 5.78 Å². The number of carbonyl (C=O) groups is 3. The van der Waals surface area contributed by atoms with Crippen LogP contribution in [0.1, 0.15) is 59.3 Å². The average molecular weight is 370 g/mol. The van der Waals surface area contributed by atoms with Gasteiger partial charge in [0.05, 0.1) is 0 Å². The summed E-state index contributed by atoms with van der Waals surface area (Å²) < 4.78 is 4.97. The fourth-order valence-electron chi connectivity index (χ4n) is 7.01. The molecule has 146 valence electrons. The van der Waals surface area contributed by atoms with Crippen molar-refractivity contribution < 1.29 is 19.1 Å². The van der Waals surface area contributed by atoms with E-state index in [2.05, 4.69) is 32.1 Å². The van der Waals surface area contributed by atoms with Crippen molar-refractivity contribution in [2.45, 2.75) is 59.3 Å². The van der Waals surface area contributed by atoms with E-state index in [1.807, 2.05) is 0 Å². The van der Waals surface area contributed by atoms with Gasteiger partial charge < -0.3 is 4.74 Å². The van der Waals surface area contributed by atoms with E-state index in [-0.39, 0.29) is 35.1 Å². The predicted octanol–water partition coefficient (Wildman–Crippen LogP) is 4.04. The molecular weight excluding hydrogens is 340 g/mol. The molecule has 0 amide bonds. The molecule has 0 aromatic carbocycles. The molecule has 0 bridgehead atoms. The number of hydrogen-bond acceptors (Lipinski definition) is 4. The van der Waals surface area contributed by atoms with Crippen LogP contribution in [-0.2, 0) is 19.1 Å². The van der Waals surface area contributed by atoms with Gasteiger partial charge in [0, 0.05) is 30.6 Å². The molecule has 6 atom stereocenters. The highest BCUT2D eigenvalue weighted by atomic mass is 16.5. The Morgan fingerprint density at radius 3 is 2.74 bits per heavy atom. The normalized spacial score (nSPS) is 42.6. The summed E-state index contributed by atoms with van der Waals surface area (Å²) in [5.41, 5.74) is 1.11. The lowest BCUT2D eigenvalue weighted by Crippen LogP contribution is -2.55. The quantitative estimate of drug-likeness (QED) is 0.704. The zero-order valence-corrected chi connectivity index (χ0v) is 16.6. The van der Waals surface area contributed by atoms with Crippen molar-refractivity contribution in [1.29, 1.82) is 0 Å². The Kier molecular flexibility index (Phi) is 4.44. The lowest BCUT2D eigenvalue weighted by molar-refractivity contribution is -0.152. The van der Waals surface area contributed by atoms with Crippen LogP contribution in [0.5, 0.6) is 0 Å². The van der Waals surface area contributed by atoms with E-state index < -0.39 is 5.97 Å². The van der Waals surface area contributed by atoms with E-state index in [1.165, 1.54) is 12.5 Å². The molecule has 4 heteroatoms. The molecule has 0 unspecified atom stereocenters. The number of esters is 1. The second-order valence-electron chi connectivity index (χ2n) is 9.55. The molecule has 0 aliphatic heterocycles. The highest BCUT2D eigenvalue weighted by Crippen LogP contribution is 2.65. The van der Waals surface area contributed by atoms with E-state index in [9.17, 15) is 14.4 Å². The standard InChI is InChI=1S/C23H30O4/c1-14(24)27-13-20(26)18-10-9-17-16-8-7-15-6-4-5-11-22(15,2)21(16)19(25)12-23(17,18)3/h4-6,16-18,21H,7-13H2,1-3H3/t16-,17-,18+,21+,22-,23-/m0/s1. The number of fused-ring (bicyclic) bond motifs is 5. The van der Waals surface area contributed by atoms with Crippen molar-refractivity contribution >= 4 is 17.5 Å². The van der Waals surface area contributed by atoms with Gasteiger partial charge in [0.2, 0.25) is 0 Å². The molecule has 4 aliphatic carbocycles. The highest BCUT2D eigenvalue weighted by Gasteiger charge is 2.62. The van der Waals surface area contributed by atoms with E-state index in [0.717, 1.165) is 32.1 Å². The second-order valence-corrected chi connectivity index (χ2v) is 9.55. The van der Waals surface area contributed by atoms with Crippen LogP contribution in [-0.4, -0.2) is 24.1 Å². The van der Waals surface area contributed by atoms with Gasteiger partial charge >= 0.3 is 5.97 Å². The number of allylic oxidation sites excluding steroid dienone is 4. The Morgan fingerprint density at radius 2 is 2.00 bits per heavy atom. The molecule has 0 saturated heterocycles. The number of Topliss-reactive ketones (excluding diaryl/α,β-unsaturated/α-hetero) is 2. The minimum Gasteiger partial charge on any atom is -0.458 e. The molecule has 0 heterocycles. The summed E-state index contributed by atoms with van der Waals surface area (Å²) in [5.74, 6) is 0.615. The van der Waals surface area contributed by atoms with E-state index >= 15 is 0 Å². The summed E-state index contributed by atoms with van der Waals surface area (Å²) in [7, 11) is 0. The van der Waals surface area contributed by atoms with Crippen LogP contribution in [0.25, 0.3) is 0 Å². The fourth-order valence-corrected chi connectivity index (χ4v) is 7.01. The summed E-state index contributed by atoms with van der Waals surface area (Å²) in [6.45, 7) is 5.59. The maximum Gasteiger partial charge on any atom is 0.303 e. The van der Waals surface area contributed by atoms with Crippen LogP contribution >= 0.6 is 0 Å². The predicted molar refractivity (Wildman–Crippen MR) is 102 cm³/mol. The van der Waals surface area contributed by atoms with Gasteiger partial charge in [-0.05, 0) is 49.4 Å². The first-order valence-corrected chi connectivity index (χ1v) is 10.3. The summed E-state index contributed by atoms with van der Waals surface area (Å²) in [6.07, 6.45) is 11.9. The first-order valence-electron chi connectivity index (χ1n) is 10.3. The number of ketones is 2. The van der Waals surface area contributed by atoms with Crippen LogP contribution in [0.4, 0.5) is 0 Å². The molecule has 3 saturated carbocycles. The summed E-state index contributed by atoms with van der Waals surface area (Å²) in [4.78, 5) is 37.3. The van der Waals surface area contributed by atoms with Crippen LogP contribution in [0.15, 0.2) is 23.8 Å². The molecular formula is C23H30O4. The summed E-state index contributed by atoms with van der Waals surface area (Å²) >= 11 is 0. The topological polar surface area (TPSA) is 60.4 Å². The average Bonchev–Trinajstić information content (AvgIpc) is 2.95. The third-order valence-electron chi connectivity index (χ3n) is 8.21. The zero-order valence-electron chi connectivity index (χ0n) is 16.6. The van der Waals surface area contributed by atoms with Gasteiger partial charge in [-0.3, -0.25) is 14.4 Å². The number of carbonyl (C=O) groups excluding carboxylic acids is 3. The Labute approximate surface area is 161 Å². The number of ether oxygens (including phenoxy) is 1. The molecule has 4 aliphatic rings. The highest BCUT2D eigenvalue weighted by molar-refractivity contribution is 5.89. The molecule has 4 rings (SSSR count). The first kappa shape index (κ1) is 18.6. The minimum absolute atomic E-state index is 0.00958. The first-order chi connectivity index (χ1) is 12.8. The fraction of sp³-hybridized carbons (Fsp3) is 0.696. The largest absolute Gasteiger partial charge is 0.458 e. The van der Waals surface area contributed by atoms with E-state index in [1.54, 1.807) is 0 Å². The van der Waals surface area contributed by atoms with Crippen LogP contribution in [0.2, 0.25) is 0 Å². The molecule has 4 nitrogen and oxygen atoms in total. The number of hydrogen-bond donors (Lipinski definition) is 0. The van der Waals surface area contributed by atoms with Gasteiger partial charge in [0.25, 0.3) is 0 Å². The maximum atomic E-state index is 13.4. The second kappa shape index (κ2) is 6.42. The van der Waals surface area contributed by atoms with Gasteiger partial charge in [0.1, 0.15) is 12.4 Å². The molecule has 27 heavy (non-hydrogen) atoms. The van der Waals surface area contributed by atoms with Crippen LogP contribution < -0.4 is 0 Å². The SMILES string of the molecule is CC(=O)OCC(=O)[C@H]1CC[C@H]2[C@@H]3CCC4=CC=CC[C@]4(C)[C@H]3C(=O)C[C@]12C. The third-order valence-corrected chi connectivity index (χ3v) is 8.21. The van der Waals surface area contributed by atoms with Crippen molar-refractivity contribution in [1.82, 2.24) is 0 Å². The van der Waals surface area contributed by atoms with Gasteiger partial charge in [-0.2, -0.15) is 0 Å². The summed E-state index contributed by atoms with van der Waals surface area (Å²) in [5, 5.41) is 0. The molecule has 0 aromatic rings. The maximum absolute atomic E-state index is 13.4. The lowest BCUT2D eigenvalue weighted by atomic mass is 9.46. The third kappa shape index (κ3) is 2.75. The Morgan fingerprint density at radius 1 is 1.22 bits per heavy atom. The molecule has 0 radical (unpaired) electrons. The van der Waals surface area contributed by atoms with Gasteiger partial charge in [-0.25, -0.2) is 0 Å². The Hall–Kier alpha value is -1.71. The molecule has 0 N–H and O–H groups in total. The van der Waals surface area contributed by atoms with Gasteiger partial charge in [-0.15, -0.1) is 0 Å². The molecule has 3 fully saturated rings. The van der Waals surface area contributed by atoms with Crippen molar-refractivity contribution in [3.63, 3.8) is 0 Å². The minimum atomic E-state index is -0.423. The van der Waals surface area contributed by atoms with Crippen molar-refractivity contribution in [2.75, 3.05) is 6.61 Å². The number of rotatable bonds is 3. The summed E-state index contributed by atoms with van der Waals surface area (Å²) in [6, 6.07) is 0. The van der Waals surface area contributed by atoms with Gasteiger partial charge in [-0.1, -0.05) is 37.6 Å². The van der Waals surface area contributed by atoms with E-state index in [0.29, 0.717) is 24.0 Å².